The molecule has 1 aromatic rings. The third-order valence-electron chi connectivity index (χ3n) is 2.23. The van der Waals surface area contributed by atoms with Crippen molar-refractivity contribution in [2.24, 2.45) is 5.92 Å². The van der Waals surface area contributed by atoms with E-state index in [-0.39, 0.29) is 5.82 Å². The fourth-order valence-electron chi connectivity index (χ4n) is 1.26. The van der Waals surface area contributed by atoms with Crippen molar-refractivity contribution in [3.8, 4) is 5.75 Å². The molecular formula is C11H12FO. The molecule has 1 aromatic carbocycles. The van der Waals surface area contributed by atoms with Gasteiger partial charge in [-0.3, -0.25) is 0 Å². The van der Waals surface area contributed by atoms with Gasteiger partial charge in [-0.15, -0.1) is 0 Å². The third kappa shape index (κ3) is 2.72. The molecule has 0 atom stereocenters. The summed E-state index contributed by atoms with van der Waals surface area (Å²) >= 11 is 0. The van der Waals surface area contributed by atoms with Crippen molar-refractivity contribution < 1.29 is 9.13 Å². The summed E-state index contributed by atoms with van der Waals surface area (Å²) in [4.78, 5) is 0. The van der Waals surface area contributed by atoms with E-state index in [2.05, 4.69) is 6.07 Å². The van der Waals surface area contributed by atoms with Gasteiger partial charge >= 0.3 is 0 Å². The quantitative estimate of drug-likeness (QED) is 0.690. The van der Waals surface area contributed by atoms with Gasteiger partial charge in [-0.05, 0) is 24.5 Å². The summed E-state index contributed by atoms with van der Waals surface area (Å²) in [6, 6.07) is 7.08. The molecule has 0 bridgehead atoms. The summed E-state index contributed by atoms with van der Waals surface area (Å²) in [5.74, 6) is 1.11. The molecule has 1 radical (unpaired) electrons. The Morgan fingerprint density at radius 3 is 3.08 bits per heavy atom. The van der Waals surface area contributed by atoms with Crippen LogP contribution in [0.3, 0.4) is 0 Å². The summed E-state index contributed by atoms with van der Waals surface area (Å²) < 4.78 is 18.0. The molecule has 1 saturated carbocycles. The lowest BCUT2D eigenvalue weighted by atomic mass is 10.3. The largest absolute Gasteiger partial charge is 0.493 e. The van der Waals surface area contributed by atoms with Crippen LogP contribution >= 0.6 is 0 Å². The second kappa shape index (κ2) is 3.77. The van der Waals surface area contributed by atoms with E-state index in [0.717, 1.165) is 12.3 Å². The number of ether oxygens (including phenoxy) is 1. The molecule has 1 nitrogen and oxygen atoms in total. The highest BCUT2D eigenvalue weighted by Gasteiger charge is 2.20. The van der Waals surface area contributed by atoms with Crippen LogP contribution in [0.2, 0.25) is 0 Å². The Bertz CT molecular complexity index is 281. The van der Waals surface area contributed by atoms with Crippen LogP contribution in [0.1, 0.15) is 19.3 Å². The smallest absolute Gasteiger partial charge is 0.134 e. The lowest BCUT2D eigenvalue weighted by Gasteiger charge is -2.04. The highest BCUT2D eigenvalue weighted by atomic mass is 19.1. The summed E-state index contributed by atoms with van der Waals surface area (Å²) in [5, 5.41) is 0. The highest BCUT2D eigenvalue weighted by molar-refractivity contribution is 5.21. The Labute approximate surface area is 77.5 Å². The number of hydrogen-bond donors (Lipinski definition) is 0. The Morgan fingerprint density at radius 2 is 2.38 bits per heavy atom. The van der Waals surface area contributed by atoms with Crippen LogP contribution < -0.4 is 4.74 Å². The molecule has 0 unspecified atom stereocenters. The Hall–Kier alpha value is -1.05. The van der Waals surface area contributed by atoms with Crippen molar-refractivity contribution in [1.29, 1.82) is 0 Å². The van der Waals surface area contributed by atoms with Crippen molar-refractivity contribution >= 4 is 0 Å². The van der Waals surface area contributed by atoms with Crippen molar-refractivity contribution in [1.82, 2.24) is 0 Å². The summed E-state index contributed by atoms with van der Waals surface area (Å²) in [7, 11) is 0. The molecule has 2 rings (SSSR count). The van der Waals surface area contributed by atoms with Gasteiger partial charge in [0, 0.05) is 12.1 Å². The van der Waals surface area contributed by atoms with Gasteiger partial charge in [-0.2, -0.15) is 0 Å². The van der Waals surface area contributed by atoms with E-state index in [0.29, 0.717) is 12.4 Å². The molecule has 2 heteroatoms. The minimum atomic E-state index is -0.357. The van der Waals surface area contributed by atoms with Crippen LogP contribution in [0.5, 0.6) is 5.75 Å². The van der Waals surface area contributed by atoms with Crippen molar-refractivity contribution in [3.63, 3.8) is 0 Å². The highest BCUT2D eigenvalue weighted by Crippen LogP contribution is 2.32. The van der Waals surface area contributed by atoms with Crippen molar-refractivity contribution in [3.05, 3.63) is 30.1 Å². The first kappa shape index (κ1) is 8.54. The number of benzene rings is 1. The maximum absolute atomic E-state index is 12.6. The zero-order chi connectivity index (χ0) is 9.10. The van der Waals surface area contributed by atoms with E-state index >= 15 is 0 Å². The first-order chi connectivity index (χ1) is 6.34. The van der Waals surface area contributed by atoms with Crippen molar-refractivity contribution in [2.75, 3.05) is 6.61 Å². The van der Waals surface area contributed by atoms with Gasteiger partial charge in [0.05, 0.1) is 6.61 Å². The van der Waals surface area contributed by atoms with Gasteiger partial charge in [-0.1, -0.05) is 12.8 Å². The molecule has 69 valence electrons. The van der Waals surface area contributed by atoms with Crippen LogP contribution in [0, 0.1) is 17.8 Å². The predicted molar refractivity (Wildman–Crippen MR) is 48.1 cm³/mol. The molecule has 1 fully saturated rings. The van der Waals surface area contributed by atoms with Crippen LogP contribution in [-0.2, 0) is 0 Å². The zero-order valence-corrected chi connectivity index (χ0v) is 7.42. The molecule has 0 N–H and O–H groups in total. The van der Waals surface area contributed by atoms with Crippen molar-refractivity contribution in [2.45, 2.75) is 19.3 Å². The molecule has 1 aliphatic carbocycles. The average Bonchev–Trinajstić information content (AvgIpc) is 2.88. The Kier molecular flexibility index (Phi) is 2.48. The minimum absolute atomic E-state index is 0.357. The maximum atomic E-state index is 12.6. The molecule has 13 heavy (non-hydrogen) atoms. The van der Waals surface area contributed by atoms with Gasteiger partial charge in [-0.25, -0.2) is 4.39 Å². The van der Waals surface area contributed by atoms with Gasteiger partial charge < -0.3 is 4.74 Å². The SMILES string of the molecule is Fc1[c]ccc(OCCC2CC2)c1. The molecule has 0 amide bonds. The summed E-state index contributed by atoms with van der Waals surface area (Å²) in [5.41, 5.74) is 0. The predicted octanol–water partition coefficient (Wildman–Crippen LogP) is 2.80. The maximum Gasteiger partial charge on any atom is 0.134 e. The van der Waals surface area contributed by atoms with E-state index in [9.17, 15) is 4.39 Å². The van der Waals surface area contributed by atoms with Gasteiger partial charge in [0.25, 0.3) is 0 Å². The lowest BCUT2D eigenvalue weighted by molar-refractivity contribution is 0.301. The van der Waals surface area contributed by atoms with E-state index in [4.69, 9.17) is 4.74 Å². The molecule has 0 saturated heterocycles. The van der Waals surface area contributed by atoms with Gasteiger partial charge in [0.1, 0.15) is 11.6 Å². The monoisotopic (exact) mass is 179 g/mol. The molecule has 0 heterocycles. The lowest BCUT2D eigenvalue weighted by Crippen LogP contribution is -1.98. The minimum Gasteiger partial charge on any atom is -0.493 e. The second-order valence-corrected chi connectivity index (χ2v) is 3.45. The fourth-order valence-corrected chi connectivity index (χ4v) is 1.26. The molecule has 0 spiro atoms. The second-order valence-electron chi connectivity index (χ2n) is 3.45. The number of rotatable bonds is 4. The van der Waals surface area contributed by atoms with Gasteiger partial charge in [0.2, 0.25) is 0 Å². The fraction of sp³-hybridized carbons (Fsp3) is 0.455. The topological polar surface area (TPSA) is 9.23 Å². The first-order valence-corrected chi connectivity index (χ1v) is 4.64. The van der Waals surface area contributed by atoms with Crippen LogP contribution in [0.25, 0.3) is 0 Å². The normalized spacial score (nSPS) is 15.8. The molecule has 0 aromatic heterocycles. The first-order valence-electron chi connectivity index (χ1n) is 4.64. The summed E-state index contributed by atoms with van der Waals surface area (Å²) in [6.07, 6.45) is 3.76. The zero-order valence-electron chi connectivity index (χ0n) is 7.42. The van der Waals surface area contributed by atoms with Crippen LogP contribution in [0.15, 0.2) is 18.2 Å². The number of halogens is 1. The number of hydrogen-bond acceptors (Lipinski definition) is 1. The van der Waals surface area contributed by atoms with E-state index in [1.165, 1.54) is 18.9 Å². The average molecular weight is 179 g/mol. The Balaban J connectivity index is 1.79. The summed E-state index contributed by atoms with van der Waals surface area (Å²) in [6.45, 7) is 0.702. The standard InChI is InChI=1S/C11H12FO/c12-10-2-1-3-11(8-10)13-7-6-9-4-5-9/h1,3,8-9H,4-7H2. The molecule has 0 aliphatic heterocycles. The third-order valence-corrected chi connectivity index (χ3v) is 2.23. The van der Waals surface area contributed by atoms with E-state index < -0.39 is 0 Å². The Morgan fingerprint density at radius 1 is 1.54 bits per heavy atom. The van der Waals surface area contributed by atoms with E-state index in [1.54, 1.807) is 12.1 Å². The van der Waals surface area contributed by atoms with Gasteiger partial charge in [0.15, 0.2) is 0 Å². The van der Waals surface area contributed by atoms with Crippen LogP contribution in [-0.4, -0.2) is 6.61 Å². The molecular weight excluding hydrogens is 167 g/mol. The molecule has 1 aliphatic rings. The van der Waals surface area contributed by atoms with Crippen LogP contribution in [0.4, 0.5) is 4.39 Å². The van der Waals surface area contributed by atoms with E-state index in [1.807, 2.05) is 0 Å².